The summed E-state index contributed by atoms with van der Waals surface area (Å²) in [7, 11) is 1.67. The van der Waals surface area contributed by atoms with Crippen molar-refractivity contribution in [1.82, 2.24) is 4.90 Å². The molecule has 0 bridgehead atoms. The van der Waals surface area contributed by atoms with Crippen molar-refractivity contribution in [2.24, 2.45) is 0 Å². The van der Waals surface area contributed by atoms with E-state index in [1.165, 1.54) is 5.56 Å². The predicted octanol–water partition coefficient (Wildman–Crippen LogP) is 3.84. The molecule has 0 radical (unpaired) electrons. The Morgan fingerprint density at radius 3 is 2.22 bits per heavy atom. The summed E-state index contributed by atoms with van der Waals surface area (Å²) in [6, 6.07) is 18.3. The van der Waals surface area contributed by atoms with E-state index < -0.39 is 0 Å². The summed E-state index contributed by atoms with van der Waals surface area (Å²) in [5.41, 5.74) is 2.34. The number of amides is 1. The minimum absolute atomic E-state index is 0.0928. The first-order valence-electron chi connectivity index (χ1n) is 8.24. The van der Waals surface area contributed by atoms with Crippen molar-refractivity contribution in [3.63, 3.8) is 0 Å². The number of carbonyl (C=O) groups is 1. The van der Waals surface area contributed by atoms with E-state index in [0.29, 0.717) is 6.42 Å². The lowest BCUT2D eigenvalue weighted by Crippen LogP contribution is -2.29. The minimum Gasteiger partial charge on any atom is -0.497 e. The van der Waals surface area contributed by atoms with Gasteiger partial charge in [-0.25, -0.2) is 0 Å². The smallest absolute Gasteiger partial charge is 0.223 e. The van der Waals surface area contributed by atoms with Crippen molar-refractivity contribution < 1.29 is 9.53 Å². The van der Waals surface area contributed by atoms with Gasteiger partial charge in [-0.1, -0.05) is 42.5 Å². The van der Waals surface area contributed by atoms with Gasteiger partial charge in [0.25, 0.3) is 0 Å². The maximum absolute atomic E-state index is 12.6. The maximum Gasteiger partial charge on any atom is 0.223 e. The molecule has 0 aliphatic carbocycles. The van der Waals surface area contributed by atoms with Crippen LogP contribution < -0.4 is 4.74 Å². The fourth-order valence-corrected chi connectivity index (χ4v) is 3.22. The third kappa shape index (κ3) is 3.73. The number of benzene rings is 2. The zero-order valence-electron chi connectivity index (χ0n) is 13.6. The zero-order valence-corrected chi connectivity index (χ0v) is 13.6. The highest BCUT2D eigenvalue weighted by molar-refractivity contribution is 5.78. The molecule has 1 fully saturated rings. The van der Waals surface area contributed by atoms with Crippen LogP contribution in [0.25, 0.3) is 0 Å². The largest absolute Gasteiger partial charge is 0.497 e. The molecule has 1 heterocycles. The molecule has 3 rings (SSSR count). The van der Waals surface area contributed by atoms with Crippen LogP contribution in [0.15, 0.2) is 54.6 Å². The van der Waals surface area contributed by atoms with E-state index in [9.17, 15) is 4.79 Å². The first-order valence-corrected chi connectivity index (χ1v) is 8.24. The van der Waals surface area contributed by atoms with Gasteiger partial charge in [0.15, 0.2) is 0 Å². The fraction of sp³-hybridized carbons (Fsp3) is 0.350. The molecule has 3 nitrogen and oxygen atoms in total. The molecule has 1 atom stereocenters. The first kappa shape index (κ1) is 15.6. The summed E-state index contributed by atoms with van der Waals surface area (Å²) in [6.45, 7) is 1.81. The molecule has 0 N–H and O–H groups in total. The Kier molecular flexibility index (Phi) is 4.96. The predicted molar refractivity (Wildman–Crippen MR) is 91.7 cm³/mol. The fourth-order valence-electron chi connectivity index (χ4n) is 3.22. The normalized spacial score (nSPS) is 15.4. The zero-order chi connectivity index (χ0) is 16.1. The molecule has 1 aliphatic rings. The van der Waals surface area contributed by atoms with Crippen LogP contribution in [0.5, 0.6) is 5.75 Å². The molecule has 0 unspecified atom stereocenters. The van der Waals surface area contributed by atoms with Gasteiger partial charge in [0.05, 0.1) is 7.11 Å². The number of rotatable bonds is 5. The molecule has 0 aromatic heterocycles. The monoisotopic (exact) mass is 309 g/mol. The van der Waals surface area contributed by atoms with Crippen LogP contribution in [0, 0.1) is 0 Å². The molecule has 23 heavy (non-hydrogen) atoms. The number of carbonyl (C=O) groups excluding carboxylic acids is 1. The third-order valence-corrected chi connectivity index (χ3v) is 4.56. The van der Waals surface area contributed by atoms with Crippen molar-refractivity contribution in [1.29, 1.82) is 0 Å². The van der Waals surface area contributed by atoms with E-state index in [2.05, 4.69) is 24.3 Å². The standard InChI is InChI=1S/C20H23NO2/c1-23-18-11-9-17(10-12-18)19(16-7-3-2-4-8-16)15-20(22)21-13-5-6-14-21/h2-4,7-12,19H,5-6,13-15H2,1H3/t19-/m1/s1. The molecule has 1 aliphatic heterocycles. The number of likely N-dealkylation sites (tertiary alicyclic amines) is 1. The lowest BCUT2D eigenvalue weighted by Gasteiger charge is -2.22. The van der Waals surface area contributed by atoms with Crippen LogP contribution >= 0.6 is 0 Å². The second-order valence-electron chi connectivity index (χ2n) is 6.03. The van der Waals surface area contributed by atoms with Gasteiger partial charge in [-0.15, -0.1) is 0 Å². The minimum atomic E-state index is 0.0928. The molecular formula is C20H23NO2. The van der Waals surface area contributed by atoms with Crippen LogP contribution in [0.1, 0.15) is 36.3 Å². The van der Waals surface area contributed by atoms with Gasteiger partial charge in [0.1, 0.15) is 5.75 Å². The Bertz CT molecular complexity index is 630. The van der Waals surface area contributed by atoms with E-state index in [1.54, 1.807) is 7.11 Å². The molecule has 1 saturated heterocycles. The Hall–Kier alpha value is -2.29. The lowest BCUT2D eigenvalue weighted by atomic mass is 9.88. The Balaban J connectivity index is 1.85. The van der Waals surface area contributed by atoms with Crippen molar-refractivity contribution in [3.05, 3.63) is 65.7 Å². The van der Waals surface area contributed by atoms with Gasteiger partial charge in [-0.2, -0.15) is 0 Å². The maximum atomic E-state index is 12.6. The van der Waals surface area contributed by atoms with Crippen LogP contribution in [-0.2, 0) is 4.79 Å². The summed E-state index contributed by atoms with van der Waals surface area (Å²) in [6.07, 6.45) is 2.78. The van der Waals surface area contributed by atoms with Gasteiger partial charge in [-0.05, 0) is 36.1 Å². The Morgan fingerprint density at radius 1 is 1.00 bits per heavy atom. The molecule has 120 valence electrons. The van der Waals surface area contributed by atoms with E-state index in [4.69, 9.17) is 4.74 Å². The molecule has 2 aromatic rings. The average Bonchev–Trinajstić information content (AvgIpc) is 3.15. The number of hydrogen-bond acceptors (Lipinski definition) is 2. The molecule has 3 heteroatoms. The van der Waals surface area contributed by atoms with E-state index >= 15 is 0 Å². The SMILES string of the molecule is COc1ccc([C@H](CC(=O)N2CCCC2)c2ccccc2)cc1. The number of methoxy groups -OCH3 is 1. The molecule has 1 amide bonds. The van der Waals surface area contributed by atoms with Crippen LogP contribution in [0.2, 0.25) is 0 Å². The van der Waals surface area contributed by atoms with Gasteiger partial charge in [-0.3, -0.25) is 4.79 Å². The molecular weight excluding hydrogens is 286 g/mol. The van der Waals surface area contributed by atoms with Crippen molar-refractivity contribution in [3.8, 4) is 5.75 Å². The highest BCUT2D eigenvalue weighted by Crippen LogP contribution is 2.30. The molecule has 2 aromatic carbocycles. The number of nitrogens with zero attached hydrogens (tertiary/aromatic N) is 1. The topological polar surface area (TPSA) is 29.5 Å². The van der Waals surface area contributed by atoms with Crippen LogP contribution in [0.4, 0.5) is 0 Å². The van der Waals surface area contributed by atoms with Gasteiger partial charge >= 0.3 is 0 Å². The summed E-state index contributed by atoms with van der Waals surface area (Å²) in [5, 5.41) is 0. The Morgan fingerprint density at radius 2 is 1.61 bits per heavy atom. The third-order valence-electron chi connectivity index (χ3n) is 4.56. The van der Waals surface area contributed by atoms with Crippen molar-refractivity contribution in [2.45, 2.75) is 25.2 Å². The first-order chi connectivity index (χ1) is 11.3. The average molecular weight is 309 g/mol. The van der Waals surface area contributed by atoms with Crippen molar-refractivity contribution >= 4 is 5.91 Å². The number of ether oxygens (including phenoxy) is 1. The van der Waals surface area contributed by atoms with Crippen LogP contribution in [-0.4, -0.2) is 31.0 Å². The molecule has 0 saturated carbocycles. The quantitative estimate of drug-likeness (QED) is 0.840. The van der Waals surface area contributed by atoms with Crippen molar-refractivity contribution in [2.75, 3.05) is 20.2 Å². The van der Waals surface area contributed by atoms with E-state index in [-0.39, 0.29) is 11.8 Å². The van der Waals surface area contributed by atoms with E-state index in [1.807, 2.05) is 35.2 Å². The summed E-state index contributed by atoms with van der Waals surface area (Å²) >= 11 is 0. The van der Waals surface area contributed by atoms with E-state index in [0.717, 1.165) is 37.2 Å². The highest BCUT2D eigenvalue weighted by atomic mass is 16.5. The van der Waals surface area contributed by atoms with Crippen LogP contribution in [0.3, 0.4) is 0 Å². The van der Waals surface area contributed by atoms with Gasteiger partial charge in [0, 0.05) is 25.4 Å². The molecule has 0 spiro atoms. The highest BCUT2D eigenvalue weighted by Gasteiger charge is 2.23. The second kappa shape index (κ2) is 7.32. The Labute approximate surface area is 137 Å². The van der Waals surface area contributed by atoms with Gasteiger partial charge in [0.2, 0.25) is 5.91 Å². The summed E-state index contributed by atoms with van der Waals surface area (Å²) in [4.78, 5) is 14.6. The lowest BCUT2D eigenvalue weighted by molar-refractivity contribution is -0.130. The number of hydrogen-bond donors (Lipinski definition) is 0. The second-order valence-corrected chi connectivity index (χ2v) is 6.03. The van der Waals surface area contributed by atoms with Gasteiger partial charge < -0.3 is 9.64 Å². The summed E-state index contributed by atoms with van der Waals surface area (Å²) in [5.74, 6) is 1.19. The summed E-state index contributed by atoms with van der Waals surface area (Å²) < 4.78 is 5.24.